The smallest absolute Gasteiger partial charge is 0.245 e. The first-order chi connectivity index (χ1) is 17.0. The number of nitrogens with one attached hydrogen (secondary N) is 2. The zero-order chi connectivity index (χ0) is 24.4. The van der Waals surface area contributed by atoms with Gasteiger partial charge in [-0.2, -0.15) is 4.52 Å². The zero-order valence-corrected chi connectivity index (χ0v) is 19.9. The van der Waals surface area contributed by atoms with Crippen LogP contribution in [-0.4, -0.2) is 49.4 Å². The molecule has 2 aromatic heterocycles. The number of hydrogen-bond donors (Lipinski definition) is 2. The van der Waals surface area contributed by atoms with Crippen LogP contribution in [0.3, 0.4) is 0 Å². The molecular weight excluding hydrogens is 442 g/mol. The SMILES string of the molecule is C[C@@H]1C[C@H](C)CN(C(=O)CCC(=O)NNc2nc3ccccc3c3nc(-c4ccccc4)nn23)C1. The first kappa shape index (κ1) is 22.8. The van der Waals surface area contributed by atoms with Crippen LogP contribution >= 0.6 is 0 Å². The number of nitrogens with zero attached hydrogens (tertiary/aromatic N) is 5. The van der Waals surface area contributed by atoms with E-state index in [9.17, 15) is 9.59 Å². The molecule has 3 heterocycles. The monoisotopic (exact) mass is 471 g/mol. The molecule has 0 radical (unpaired) electrons. The van der Waals surface area contributed by atoms with E-state index in [1.54, 1.807) is 4.52 Å². The molecule has 0 saturated carbocycles. The first-order valence-electron chi connectivity index (χ1n) is 12.0. The summed E-state index contributed by atoms with van der Waals surface area (Å²) >= 11 is 0. The van der Waals surface area contributed by atoms with Crippen molar-refractivity contribution < 1.29 is 9.59 Å². The molecular formula is C26H29N7O2. The van der Waals surface area contributed by atoms with E-state index in [-0.39, 0.29) is 24.7 Å². The largest absolute Gasteiger partial charge is 0.342 e. The molecule has 1 fully saturated rings. The van der Waals surface area contributed by atoms with Crippen LogP contribution in [0.5, 0.6) is 0 Å². The van der Waals surface area contributed by atoms with Crippen molar-refractivity contribution in [2.45, 2.75) is 33.1 Å². The summed E-state index contributed by atoms with van der Waals surface area (Å²) in [6, 6.07) is 17.4. The van der Waals surface area contributed by atoms with E-state index in [1.165, 1.54) is 0 Å². The van der Waals surface area contributed by atoms with Gasteiger partial charge >= 0.3 is 0 Å². The highest BCUT2D eigenvalue weighted by molar-refractivity contribution is 5.93. The van der Waals surface area contributed by atoms with Crippen molar-refractivity contribution in [3.8, 4) is 11.4 Å². The summed E-state index contributed by atoms with van der Waals surface area (Å²) in [5, 5.41) is 5.49. The molecule has 1 saturated heterocycles. The molecule has 2 amide bonds. The normalized spacial score (nSPS) is 18.1. The van der Waals surface area contributed by atoms with Crippen LogP contribution in [-0.2, 0) is 9.59 Å². The summed E-state index contributed by atoms with van der Waals surface area (Å²) < 4.78 is 1.59. The molecule has 1 aliphatic heterocycles. The van der Waals surface area contributed by atoms with Gasteiger partial charge in [0.25, 0.3) is 0 Å². The van der Waals surface area contributed by atoms with Crippen LogP contribution in [0, 0.1) is 11.8 Å². The second-order valence-corrected chi connectivity index (χ2v) is 9.41. The van der Waals surface area contributed by atoms with Gasteiger partial charge in [-0.1, -0.05) is 56.3 Å². The number of hydrogen-bond acceptors (Lipinski definition) is 6. The second kappa shape index (κ2) is 9.69. The van der Waals surface area contributed by atoms with Crippen LogP contribution < -0.4 is 10.9 Å². The summed E-state index contributed by atoms with van der Waals surface area (Å²) in [5.41, 5.74) is 7.80. The van der Waals surface area contributed by atoms with E-state index < -0.39 is 0 Å². The third-order valence-electron chi connectivity index (χ3n) is 6.31. The Balaban J connectivity index is 1.31. The molecule has 0 bridgehead atoms. The maximum absolute atomic E-state index is 12.6. The highest BCUT2D eigenvalue weighted by Gasteiger charge is 2.25. The van der Waals surface area contributed by atoms with Crippen molar-refractivity contribution in [1.29, 1.82) is 0 Å². The lowest BCUT2D eigenvalue weighted by atomic mass is 9.91. The molecule has 35 heavy (non-hydrogen) atoms. The van der Waals surface area contributed by atoms with Gasteiger partial charge in [-0.25, -0.2) is 9.97 Å². The molecule has 2 atom stereocenters. The molecule has 9 heteroatoms. The second-order valence-electron chi connectivity index (χ2n) is 9.41. The predicted octanol–water partition coefficient (Wildman–Crippen LogP) is 3.67. The van der Waals surface area contributed by atoms with Gasteiger partial charge in [0, 0.05) is 36.9 Å². The molecule has 2 N–H and O–H groups in total. The molecule has 4 aromatic rings. The van der Waals surface area contributed by atoms with Crippen molar-refractivity contribution in [3.63, 3.8) is 0 Å². The van der Waals surface area contributed by atoms with Gasteiger partial charge in [0.1, 0.15) is 0 Å². The fraction of sp³-hybridized carbons (Fsp3) is 0.346. The van der Waals surface area contributed by atoms with Crippen LogP contribution in [0.4, 0.5) is 5.95 Å². The number of likely N-dealkylation sites (tertiary alicyclic amines) is 1. The molecule has 1 aliphatic rings. The average molecular weight is 472 g/mol. The molecule has 0 spiro atoms. The summed E-state index contributed by atoms with van der Waals surface area (Å²) in [7, 11) is 0. The standard InChI is InChI=1S/C26H29N7O2/c1-17-14-18(2)16-32(15-17)23(35)13-12-22(34)29-30-26-27-21-11-7-6-10-20(21)25-28-24(31-33(25)26)19-8-4-3-5-9-19/h3-11,17-18H,12-16H2,1-2H3,(H,27,30)(H,29,34)/t17-,18+. The Morgan fingerprint density at radius 3 is 2.43 bits per heavy atom. The lowest BCUT2D eigenvalue weighted by Crippen LogP contribution is -2.43. The van der Waals surface area contributed by atoms with Gasteiger partial charge in [0.2, 0.25) is 17.8 Å². The minimum Gasteiger partial charge on any atom is -0.342 e. The predicted molar refractivity (Wildman–Crippen MR) is 134 cm³/mol. The van der Waals surface area contributed by atoms with E-state index in [0.717, 1.165) is 36.0 Å². The Bertz CT molecular complexity index is 1360. The highest BCUT2D eigenvalue weighted by atomic mass is 16.2. The average Bonchev–Trinajstić information content (AvgIpc) is 3.32. The molecule has 9 nitrogen and oxygen atoms in total. The van der Waals surface area contributed by atoms with Crippen molar-refractivity contribution in [3.05, 3.63) is 54.6 Å². The van der Waals surface area contributed by atoms with Gasteiger partial charge in [0.05, 0.1) is 5.52 Å². The summed E-state index contributed by atoms with van der Waals surface area (Å²) in [6.07, 6.45) is 1.40. The third-order valence-corrected chi connectivity index (χ3v) is 6.31. The molecule has 0 aliphatic carbocycles. The van der Waals surface area contributed by atoms with Gasteiger partial charge < -0.3 is 4.90 Å². The number of hydrazine groups is 1. The minimum atomic E-state index is -0.289. The van der Waals surface area contributed by atoms with E-state index in [4.69, 9.17) is 4.98 Å². The highest BCUT2D eigenvalue weighted by Crippen LogP contribution is 2.24. The van der Waals surface area contributed by atoms with Crippen LogP contribution in [0.1, 0.15) is 33.1 Å². The van der Waals surface area contributed by atoms with Gasteiger partial charge in [-0.3, -0.25) is 20.4 Å². The minimum absolute atomic E-state index is 0.0218. The third kappa shape index (κ3) is 4.94. The summed E-state index contributed by atoms with van der Waals surface area (Å²) in [5.74, 6) is 1.61. The van der Waals surface area contributed by atoms with Gasteiger partial charge in [-0.15, -0.1) is 5.10 Å². The number of fused-ring (bicyclic) bond motifs is 3. The zero-order valence-electron chi connectivity index (χ0n) is 19.9. The Morgan fingerprint density at radius 1 is 0.943 bits per heavy atom. The number of piperidine rings is 1. The van der Waals surface area contributed by atoms with Crippen LogP contribution in [0.15, 0.2) is 54.6 Å². The molecule has 0 unspecified atom stereocenters. The van der Waals surface area contributed by atoms with Crippen molar-refractivity contribution >= 4 is 34.3 Å². The Hall–Kier alpha value is -4.01. The fourth-order valence-electron chi connectivity index (χ4n) is 4.78. The summed E-state index contributed by atoms with van der Waals surface area (Å²) in [4.78, 5) is 36.4. The Labute approximate surface area is 203 Å². The lowest BCUT2D eigenvalue weighted by Gasteiger charge is -2.35. The lowest BCUT2D eigenvalue weighted by molar-refractivity contribution is -0.135. The van der Waals surface area contributed by atoms with Crippen LogP contribution in [0.2, 0.25) is 0 Å². The van der Waals surface area contributed by atoms with E-state index in [1.807, 2.05) is 59.5 Å². The Kier molecular flexibility index (Phi) is 6.31. The van der Waals surface area contributed by atoms with Gasteiger partial charge in [0.15, 0.2) is 11.5 Å². The number of anilines is 1. The van der Waals surface area contributed by atoms with E-state index in [0.29, 0.717) is 29.3 Å². The molecule has 2 aromatic carbocycles. The number of carbonyl (C=O) groups excluding carboxylic acids is 2. The summed E-state index contributed by atoms with van der Waals surface area (Å²) in [6.45, 7) is 5.85. The molecule has 5 rings (SSSR count). The number of para-hydroxylation sites is 1. The Morgan fingerprint density at radius 2 is 1.66 bits per heavy atom. The number of aromatic nitrogens is 4. The van der Waals surface area contributed by atoms with Crippen molar-refractivity contribution in [2.75, 3.05) is 18.5 Å². The quantitative estimate of drug-likeness (QED) is 0.416. The van der Waals surface area contributed by atoms with Crippen molar-refractivity contribution in [1.82, 2.24) is 29.9 Å². The van der Waals surface area contributed by atoms with E-state index in [2.05, 4.69) is 34.8 Å². The first-order valence-corrected chi connectivity index (χ1v) is 12.0. The number of amides is 2. The maximum atomic E-state index is 12.6. The van der Waals surface area contributed by atoms with Crippen LogP contribution in [0.25, 0.3) is 27.9 Å². The number of carbonyl (C=O) groups is 2. The molecule has 180 valence electrons. The maximum Gasteiger partial charge on any atom is 0.245 e. The number of benzene rings is 2. The van der Waals surface area contributed by atoms with Gasteiger partial charge in [-0.05, 0) is 30.4 Å². The van der Waals surface area contributed by atoms with Crippen molar-refractivity contribution in [2.24, 2.45) is 11.8 Å². The number of rotatable bonds is 6. The fourth-order valence-corrected chi connectivity index (χ4v) is 4.78. The topological polar surface area (TPSA) is 105 Å². The van der Waals surface area contributed by atoms with E-state index >= 15 is 0 Å².